The Morgan fingerprint density at radius 3 is 2.05 bits per heavy atom. The van der Waals surface area contributed by atoms with Gasteiger partial charge in [0.2, 0.25) is 5.91 Å². The molecule has 2 amide bonds. The van der Waals surface area contributed by atoms with Crippen molar-refractivity contribution in [3.63, 3.8) is 0 Å². The van der Waals surface area contributed by atoms with Crippen molar-refractivity contribution in [3.05, 3.63) is 60.2 Å². The number of aliphatic carboxylic acids is 1. The number of hydrogen-bond donors (Lipinski definition) is 2. The van der Waals surface area contributed by atoms with Crippen LogP contribution in [0, 0.1) is 5.41 Å². The molecule has 0 saturated carbocycles. The Hall–Kier alpha value is -3.00. The van der Waals surface area contributed by atoms with E-state index in [9.17, 15) is 19.5 Å². The van der Waals surface area contributed by atoms with Gasteiger partial charge in [0.25, 0.3) is 0 Å². The van der Waals surface area contributed by atoms with Crippen molar-refractivity contribution in [2.45, 2.75) is 70.4 Å². The summed E-state index contributed by atoms with van der Waals surface area (Å²) >= 11 is 1.55. The SMILES string of the molecule is CS[C@@]1(c2ccc(-c3ccccc3)cc2)C[C@@H](C(=O)O)N(C(=O)[C@@H](NC(=O)OC(C)(C)C)C(C)(C)C)C1. The van der Waals surface area contributed by atoms with Crippen LogP contribution in [-0.2, 0) is 19.1 Å². The molecule has 1 saturated heterocycles. The van der Waals surface area contributed by atoms with Crippen LogP contribution in [0.4, 0.5) is 4.79 Å². The van der Waals surface area contributed by atoms with E-state index in [2.05, 4.69) is 5.32 Å². The van der Waals surface area contributed by atoms with Crippen LogP contribution >= 0.6 is 11.8 Å². The lowest BCUT2D eigenvalue weighted by molar-refractivity contribution is -0.150. The number of benzene rings is 2. The second-order valence-electron chi connectivity index (χ2n) is 11.6. The Balaban J connectivity index is 1.92. The Morgan fingerprint density at radius 2 is 1.57 bits per heavy atom. The van der Waals surface area contributed by atoms with Crippen LogP contribution in [0.25, 0.3) is 11.1 Å². The first-order valence-electron chi connectivity index (χ1n) is 12.4. The molecule has 3 rings (SSSR count). The largest absolute Gasteiger partial charge is 0.480 e. The molecular weight excluding hydrogens is 488 g/mol. The molecular formula is C29H38N2O5S. The van der Waals surface area contributed by atoms with Gasteiger partial charge in [0.15, 0.2) is 0 Å². The molecule has 0 aromatic heterocycles. The maximum atomic E-state index is 13.9. The Bertz CT molecular complexity index is 1120. The molecule has 0 unspecified atom stereocenters. The molecule has 0 bridgehead atoms. The Morgan fingerprint density at radius 1 is 1.00 bits per heavy atom. The van der Waals surface area contributed by atoms with Crippen LogP contribution in [0.2, 0.25) is 0 Å². The second-order valence-corrected chi connectivity index (χ2v) is 12.8. The summed E-state index contributed by atoms with van der Waals surface area (Å²) in [4.78, 5) is 40.2. The van der Waals surface area contributed by atoms with Gasteiger partial charge in [-0.2, -0.15) is 11.8 Å². The van der Waals surface area contributed by atoms with E-state index >= 15 is 0 Å². The molecule has 0 aliphatic carbocycles. The van der Waals surface area contributed by atoms with E-state index in [-0.39, 0.29) is 13.0 Å². The maximum Gasteiger partial charge on any atom is 0.408 e. The van der Waals surface area contributed by atoms with Gasteiger partial charge in [-0.05, 0) is 55.6 Å². The van der Waals surface area contributed by atoms with Gasteiger partial charge in [-0.1, -0.05) is 75.4 Å². The standard InChI is InChI=1S/C29H38N2O5S/c1-27(2,3)23(30-26(35)36-28(4,5)6)24(32)31-18-29(37-7,17-22(31)25(33)34)21-15-13-20(14-16-21)19-11-9-8-10-12-19/h8-16,22-23H,17-18H2,1-7H3,(H,30,35)(H,33,34)/t22-,23+,29-/m0/s1. The highest BCUT2D eigenvalue weighted by Gasteiger charge is 2.52. The maximum absolute atomic E-state index is 13.9. The van der Waals surface area contributed by atoms with Crippen LogP contribution in [-0.4, -0.2) is 58.5 Å². The van der Waals surface area contributed by atoms with E-state index in [1.54, 1.807) is 32.5 Å². The average Bonchev–Trinajstić information content (AvgIpc) is 3.23. The summed E-state index contributed by atoms with van der Waals surface area (Å²) in [6, 6.07) is 16.2. The monoisotopic (exact) mass is 526 g/mol. The molecule has 0 spiro atoms. The minimum Gasteiger partial charge on any atom is -0.480 e. The topological polar surface area (TPSA) is 95.9 Å². The van der Waals surface area contributed by atoms with Crippen molar-refractivity contribution in [1.29, 1.82) is 0 Å². The van der Waals surface area contributed by atoms with Gasteiger partial charge in [0.05, 0.1) is 4.75 Å². The third-order valence-corrected chi connectivity index (χ3v) is 7.89. The third-order valence-electron chi connectivity index (χ3n) is 6.58. The molecule has 200 valence electrons. The lowest BCUT2D eigenvalue weighted by Gasteiger charge is -2.35. The predicted octanol–water partition coefficient (Wildman–Crippen LogP) is 5.54. The van der Waals surface area contributed by atoms with Crippen LogP contribution in [0.3, 0.4) is 0 Å². The first kappa shape index (κ1) is 28.6. The number of carbonyl (C=O) groups excluding carboxylic acids is 2. The van der Waals surface area contributed by atoms with Crippen molar-refractivity contribution in [2.75, 3.05) is 12.8 Å². The van der Waals surface area contributed by atoms with Gasteiger partial charge < -0.3 is 20.1 Å². The lowest BCUT2D eigenvalue weighted by atomic mass is 9.85. The van der Waals surface area contributed by atoms with Crippen molar-refractivity contribution in [3.8, 4) is 11.1 Å². The van der Waals surface area contributed by atoms with Gasteiger partial charge in [0.1, 0.15) is 17.7 Å². The molecule has 7 nitrogen and oxygen atoms in total. The molecule has 2 N–H and O–H groups in total. The van der Waals surface area contributed by atoms with Crippen LogP contribution in [0.15, 0.2) is 54.6 Å². The third kappa shape index (κ3) is 6.66. The molecule has 1 aliphatic rings. The Kier molecular flexibility index (Phi) is 8.32. The summed E-state index contributed by atoms with van der Waals surface area (Å²) < 4.78 is 4.79. The Labute approximate surface area is 224 Å². The average molecular weight is 527 g/mol. The number of nitrogens with zero attached hydrogens (tertiary/aromatic N) is 1. The van der Waals surface area contributed by atoms with Crippen molar-refractivity contribution in [1.82, 2.24) is 10.2 Å². The van der Waals surface area contributed by atoms with E-state index in [0.29, 0.717) is 0 Å². The summed E-state index contributed by atoms with van der Waals surface area (Å²) in [5, 5.41) is 12.8. The van der Waals surface area contributed by atoms with E-state index < -0.39 is 45.8 Å². The van der Waals surface area contributed by atoms with Crippen LogP contribution in [0.1, 0.15) is 53.5 Å². The first-order valence-corrected chi connectivity index (χ1v) is 13.6. The number of likely N-dealkylation sites (tertiary alicyclic amines) is 1. The molecule has 0 radical (unpaired) electrons. The number of hydrogen-bond acceptors (Lipinski definition) is 5. The van der Waals surface area contributed by atoms with Gasteiger partial charge in [-0.3, -0.25) is 4.79 Å². The summed E-state index contributed by atoms with van der Waals surface area (Å²) in [5.74, 6) is -1.49. The van der Waals surface area contributed by atoms with Gasteiger partial charge in [-0.25, -0.2) is 9.59 Å². The first-order chi connectivity index (χ1) is 17.2. The van der Waals surface area contributed by atoms with Crippen LogP contribution in [0.5, 0.6) is 0 Å². The predicted molar refractivity (Wildman–Crippen MR) is 147 cm³/mol. The minimum absolute atomic E-state index is 0.219. The normalized spacial score (nSPS) is 20.8. The number of carbonyl (C=O) groups is 3. The molecule has 2 aromatic carbocycles. The van der Waals surface area contributed by atoms with Crippen molar-refractivity contribution >= 4 is 29.7 Å². The van der Waals surface area contributed by atoms with Gasteiger partial charge in [0, 0.05) is 6.54 Å². The molecule has 2 aromatic rings. The van der Waals surface area contributed by atoms with E-state index in [1.165, 1.54) is 4.90 Å². The van der Waals surface area contributed by atoms with Gasteiger partial charge in [-0.15, -0.1) is 0 Å². The summed E-state index contributed by atoms with van der Waals surface area (Å²) in [6.45, 7) is 11.0. The summed E-state index contributed by atoms with van der Waals surface area (Å²) in [7, 11) is 0. The number of carboxylic acid groups (broad SMARTS) is 1. The number of ether oxygens (including phenoxy) is 1. The molecule has 37 heavy (non-hydrogen) atoms. The molecule has 3 atom stereocenters. The lowest BCUT2D eigenvalue weighted by Crippen LogP contribution is -2.57. The molecule has 1 heterocycles. The number of rotatable bonds is 6. The molecule has 8 heteroatoms. The zero-order valence-electron chi connectivity index (χ0n) is 22.7. The molecule has 1 fully saturated rings. The second kappa shape index (κ2) is 10.8. The van der Waals surface area contributed by atoms with E-state index in [0.717, 1.165) is 16.7 Å². The van der Waals surface area contributed by atoms with Gasteiger partial charge >= 0.3 is 12.1 Å². The highest BCUT2D eigenvalue weighted by atomic mass is 32.2. The zero-order chi connectivity index (χ0) is 27.6. The molecule has 1 aliphatic heterocycles. The summed E-state index contributed by atoms with van der Waals surface area (Å²) in [6.07, 6.45) is 1.50. The minimum atomic E-state index is -1.06. The smallest absolute Gasteiger partial charge is 0.408 e. The quantitative estimate of drug-likeness (QED) is 0.513. The summed E-state index contributed by atoms with van der Waals surface area (Å²) in [5.41, 5.74) is 1.73. The fraction of sp³-hybridized carbons (Fsp3) is 0.483. The number of thioether (sulfide) groups is 1. The fourth-order valence-electron chi connectivity index (χ4n) is 4.64. The van der Waals surface area contributed by atoms with Crippen molar-refractivity contribution in [2.24, 2.45) is 5.41 Å². The highest BCUT2D eigenvalue weighted by molar-refractivity contribution is 7.99. The number of amides is 2. The van der Waals surface area contributed by atoms with E-state index in [1.807, 2.05) is 81.6 Å². The van der Waals surface area contributed by atoms with E-state index in [4.69, 9.17) is 4.74 Å². The van der Waals surface area contributed by atoms with Crippen LogP contribution < -0.4 is 5.32 Å². The fourth-order valence-corrected chi connectivity index (χ4v) is 5.60. The van der Waals surface area contributed by atoms with Crippen molar-refractivity contribution < 1.29 is 24.2 Å². The highest BCUT2D eigenvalue weighted by Crippen LogP contribution is 2.47. The number of carboxylic acids is 1. The number of alkyl carbamates (subject to hydrolysis) is 1. The zero-order valence-corrected chi connectivity index (χ0v) is 23.5. The number of nitrogens with one attached hydrogen (secondary N) is 1.